The molecule has 0 saturated carbocycles. The molecule has 2 rings (SSSR count). The molecule has 0 bridgehead atoms. The summed E-state index contributed by atoms with van der Waals surface area (Å²) in [6.07, 6.45) is 0.954. The highest BCUT2D eigenvalue weighted by Crippen LogP contribution is 2.29. The van der Waals surface area contributed by atoms with Gasteiger partial charge in [-0.3, -0.25) is 4.79 Å². The van der Waals surface area contributed by atoms with Crippen molar-refractivity contribution in [3.8, 4) is 11.5 Å². The van der Waals surface area contributed by atoms with Crippen LogP contribution in [0.25, 0.3) is 0 Å². The average molecular weight is 371 g/mol. The highest BCUT2D eigenvalue weighted by Gasteiger charge is 2.21. The number of carbonyl (C=O) groups excluding carboxylic acids is 2. The van der Waals surface area contributed by atoms with Gasteiger partial charge in [0.2, 0.25) is 0 Å². The van der Waals surface area contributed by atoms with E-state index in [9.17, 15) is 9.59 Å². The lowest BCUT2D eigenvalue weighted by molar-refractivity contribution is -0.119. The maximum Gasteiger partial charge on any atom is 0.346 e. The summed E-state index contributed by atoms with van der Waals surface area (Å²) in [6, 6.07) is 12.6. The number of methoxy groups -OCH3 is 2. The minimum Gasteiger partial charge on any atom is -0.496 e. The van der Waals surface area contributed by atoms with Crippen molar-refractivity contribution in [2.45, 2.75) is 26.2 Å². The van der Waals surface area contributed by atoms with E-state index in [0.29, 0.717) is 17.4 Å². The average Bonchev–Trinajstić information content (AvgIpc) is 2.71. The molecule has 6 nitrogen and oxygen atoms in total. The molecule has 0 heterocycles. The summed E-state index contributed by atoms with van der Waals surface area (Å²) in [7, 11) is 2.90. The lowest BCUT2D eigenvalue weighted by Gasteiger charge is -2.16. The van der Waals surface area contributed by atoms with E-state index < -0.39 is 18.5 Å². The van der Waals surface area contributed by atoms with Gasteiger partial charge in [0.15, 0.2) is 6.61 Å². The molecule has 2 aromatic carbocycles. The second-order valence-electron chi connectivity index (χ2n) is 6.06. The van der Waals surface area contributed by atoms with Crippen molar-refractivity contribution in [3.05, 3.63) is 53.6 Å². The van der Waals surface area contributed by atoms with E-state index in [1.54, 1.807) is 18.2 Å². The van der Waals surface area contributed by atoms with Crippen molar-refractivity contribution in [1.82, 2.24) is 0 Å². The summed E-state index contributed by atoms with van der Waals surface area (Å²) < 4.78 is 15.5. The fraction of sp³-hybridized carbons (Fsp3) is 0.333. The van der Waals surface area contributed by atoms with E-state index in [2.05, 4.69) is 19.2 Å². The molecule has 2 aromatic rings. The maximum absolute atomic E-state index is 12.4. The standard InChI is InChI=1S/C21H25NO5/c1-5-14(2)15-9-6-7-10-16(15)22-19(23)13-27-21(24)20-17(25-3)11-8-12-18(20)26-4/h6-12,14H,5,13H2,1-4H3,(H,22,23)/t14-/m1/s1. The van der Waals surface area contributed by atoms with E-state index in [0.717, 1.165) is 17.7 Å². The quantitative estimate of drug-likeness (QED) is 0.710. The Morgan fingerprint density at radius 1 is 1.00 bits per heavy atom. The summed E-state index contributed by atoms with van der Waals surface area (Å²) in [5.74, 6) is -0.145. The van der Waals surface area contributed by atoms with Gasteiger partial charge >= 0.3 is 5.97 Å². The van der Waals surface area contributed by atoms with Gasteiger partial charge in [-0.15, -0.1) is 0 Å². The Bertz CT molecular complexity index is 781. The summed E-state index contributed by atoms with van der Waals surface area (Å²) >= 11 is 0. The lowest BCUT2D eigenvalue weighted by atomic mass is 9.97. The number of benzene rings is 2. The molecule has 6 heteroatoms. The van der Waals surface area contributed by atoms with Crippen LogP contribution in [0.1, 0.15) is 42.1 Å². The Morgan fingerprint density at radius 2 is 1.63 bits per heavy atom. The van der Waals surface area contributed by atoms with E-state index in [-0.39, 0.29) is 5.56 Å². The van der Waals surface area contributed by atoms with Crippen molar-refractivity contribution in [2.75, 3.05) is 26.1 Å². The topological polar surface area (TPSA) is 73.9 Å². The van der Waals surface area contributed by atoms with Gasteiger partial charge in [-0.05, 0) is 36.1 Å². The number of esters is 1. The Hall–Kier alpha value is -3.02. The van der Waals surface area contributed by atoms with Crippen LogP contribution in [0.15, 0.2) is 42.5 Å². The molecule has 0 aromatic heterocycles. The van der Waals surface area contributed by atoms with Crippen molar-refractivity contribution in [3.63, 3.8) is 0 Å². The van der Waals surface area contributed by atoms with Crippen molar-refractivity contribution in [1.29, 1.82) is 0 Å². The highest BCUT2D eigenvalue weighted by atomic mass is 16.5. The molecule has 0 spiro atoms. The number of nitrogens with one attached hydrogen (secondary N) is 1. The van der Waals surface area contributed by atoms with Crippen LogP contribution >= 0.6 is 0 Å². The zero-order valence-electron chi connectivity index (χ0n) is 16.1. The zero-order valence-corrected chi connectivity index (χ0v) is 16.1. The fourth-order valence-electron chi connectivity index (χ4n) is 2.70. The fourth-order valence-corrected chi connectivity index (χ4v) is 2.70. The second-order valence-corrected chi connectivity index (χ2v) is 6.06. The van der Waals surface area contributed by atoms with E-state index in [1.165, 1.54) is 14.2 Å². The molecule has 0 aliphatic heterocycles. The lowest BCUT2D eigenvalue weighted by Crippen LogP contribution is -2.22. The number of carbonyl (C=O) groups is 2. The van der Waals surface area contributed by atoms with Crippen LogP contribution in [-0.2, 0) is 9.53 Å². The molecule has 1 atom stereocenters. The molecule has 0 radical (unpaired) electrons. The van der Waals surface area contributed by atoms with E-state index in [1.807, 2.05) is 24.3 Å². The van der Waals surface area contributed by atoms with Gasteiger partial charge in [-0.1, -0.05) is 38.1 Å². The SMILES string of the molecule is CC[C@@H](C)c1ccccc1NC(=O)COC(=O)c1c(OC)cccc1OC. The van der Waals surface area contributed by atoms with Crippen LogP contribution in [-0.4, -0.2) is 32.7 Å². The molecule has 0 fully saturated rings. The number of hydrogen-bond donors (Lipinski definition) is 1. The van der Waals surface area contributed by atoms with Gasteiger partial charge in [-0.2, -0.15) is 0 Å². The first-order chi connectivity index (χ1) is 13.0. The van der Waals surface area contributed by atoms with Gasteiger partial charge < -0.3 is 19.5 Å². The monoisotopic (exact) mass is 371 g/mol. The number of anilines is 1. The minimum atomic E-state index is -0.685. The number of para-hydroxylation sites is 1. The summed E-state index contributed by atoms with van der Waals surface area (Å²) in [5, 5.41) is 2.81. The van der Waals surface area contributed by atoms with Crippen LogP contribution in [0.5, 0.6) is 11.5 Å². The smallest absolute Gasteiger partial charge is 0.346 e. The molecule has 0 saturated heterocycles. The number of rotatable bonds is 8. The van der Waals surface area contributed by atoms with Crippen molar-refractivity contribution >= 4 is 17.6 Å². The van der Waals surface area contributed by atoms with Crippen LogP contribution in [0.4, 0.5) is 5.69 Å². The molecule has 0 unspecified atom stereocenters. The molecule has 0 aliphatic rings. The van der Waals surface area contributed by atoms with Crippen LogP contribution < -0.4 is 14.8 Å². The Labute approximate surface area is 159 Å². The van der Waals surface area contributed by atoms with Gasteiger partial charge in [0.25, 0.3) is 5.91 Å². The maximum atomic E-state index is 12.4. The van der Waals surface area contributed by atoms with Gasteiger partial charge in [0.05, 0.1) is 14.2 Å². The van der Waals surface area contributed by atoms with Crippen molar-refractivity contribution < 1.29 is 23.8 Å². The first-order valence-electron chi connectivity index (χ1n) is 8.78. The molecule has 1 N–H and O–H groups in total. The normalized spacial score (nSPS) is 11.4. The van der Waals surface area contributed by atoms with Gasteiger partial charge in [0.1, 0.15) is 17.1 Å². The largest absolute Gasteiger partial charge is 0.496 e. The Balaban J connectivity index is 2.06. The molecule has 0 aliphatic carbocycles. The number of ether oxygens (including phenoxy) is 3. The van der Waals surface area contributed by atoms with E-state index >= 15 is 0 Å². The number of hydrogen-bond acceptors (Lipinski definition) is 5. The summed E-state index contributed by atoms with van der Waals surface area (Å²) in [5.41, 5.74) is 1.92. The predicted octanol–water partition coefficient (Wildman–Crippen LogP) is 4.01. The third-order valence-corrected chi connectivity index (χ3v) is 4.34. The molecule has 1 amide bonds. The molecular formula is C21H25NO5. The third-order valence-electron chi connectivity index (χ3n) is 4.34. The summed E-state index contributed by atoms with van der Waals surface area (Å²) in [4.78, 5) is 24.7. The first kappa shape index (κ1) is 20.3. The second kappa shape index (κ2) is 9.62. The van der Waals surface area contributed by atoms with Gasteiger partial charge in [0, 0.05) is 5.69 Å². The highest BCUT2D eigenvalue weighted by molar-refractivity contribution is 5.98. The number of amides is 1. The van der Waals surface area contributed by atoms with Crippen LogP contribution in [0.3, 0.4) is 0 Å². The predicted molar refractivity (Wildman–Crippen MR) is 104 cm³/mol. The van der Waals surface area contributed by atoms with Crippen LogP contribution in [0, 0.1) is 0 Å². The molecule has 27 heavy (non-hydrogen) atoms. The van der Waals surface area contributed by atoms with Gasteiger partial charge in [-0.25, -0.2) is 4.79 Å². The van der Waals surface area contributed by atoms with Crippen LogP contribution in [0.2, 0.25) is 0 Å². The first-order valence-corrected chi connectivity index (χ1v) is 8.78. The van der Waals surface area contributed by atoms with E-state index in [4.69, 9.17) is 14.2 Å². The Morgan fingerprint density at radius 3 is 2.22 bits per heavy atom. The third kappa shape index (κ3) is 5.00. The summed E-state index contributed by atoms with van der Waals surface area (Å²) in [6.45, 7) is 3.78. The Kier molecular flexibility index (Phi) is 7.23. The minimum absolute atomic E-state index is 0.148. The zero-order chi connectivity index (χ0) is 19.8. The molecular weight excluding hydrogens is 346 g/mol. The molecule has 144 valence electrons. The van der Waals surface area contributed by atoms with Crippen molar-refractivity contribution in [2.24, 2.45) is 0 Å².